The summed E-state index contributed by atoms with van der Waals surface area (Å²) in [7, 11) is 0. The van der Waals surface area contributed by atoms with Crippen molar-refractivity contribution < 1.29 is 89.1 Å². The van der Waals surface area contributed by atoms with E-state index in [1.54, 1.807) is 6.08 Å². The van der Waals surface area contributed by atoms with Crippen LogP contribution in [0, 0.1) is 0 Å². The van der Waals surface area contributed by atoms with E-state index in [1.807, 2.05) is 6.08 Å². The van der Waals surface area contributed by atoms with Crippen molar-refractivity contribution in [3.05, 3.63) is 12.2 Å². The van der Waals surface area contributed by atoms with Gasteiger partial charge in [-0.1, -0.05) is 142 Å². The molecule has 3 aliphatic rings. The zero-order chi connectivity index (χ0) is 51.4. The maximum absolute atomic E-state index is 13.2. The Bertz CT molecular complexity index is 1410. The molecule has 3 aliphatic heterocycles. The molecule has 0 aromatic heterocycles. The van der Waals surface area contributed by atoms with Crippen LogP contribution >= 0.6 is 0 Å². The molecular weight excluding hydrogens is 917 g/mol. The van der Waals surface area contributed by atoms with Gasteiger partial charge in [0, 0.05) is 13.3 Å². The van der Waals surface area contributed by atoms with Crippen LogP contribution in [0.15, 0.2) is 12.2 Å². The fourth-order valence-electron chi connectivity index (χ4n) is 9.18. The van der Waals surface area contributed by atoms with Crippen molar-refractivity contribution >= 4 is 11.8 Å². The normalized spacial score (nSPS) is 32.5. The Morgan fingerprint density at radius 3 is 1.50 bits per heavy atom. The topological polar surface area (TPSA) is 316 Å². The molecule has 17 atom stereocenters. The molecule has 0 aromatic rings. The molecule has 1 unspecified atom stereocenters. The zero-order valence-electron chi connectivity index (χ0n) is 42.1. The van der Waals surface area contributed by atoms with Crippen LogP contribution in [-0.2, 0) is 38.0 Å². The number of carbonyl (C=O) groups is 2. The van der Waals surface area contributed by atoms with Gasteiger partial charge in [-0.3, -0.25) is 9.59 Å². The molecule has 20 heteroatoms. The molecule has 12 N–H and O–H groups in total. The smallest absolute Gasteiger partial charge is 0.220 e. The number of amides is 2. The first-order chi connectivity index (χ1) is 33.7. The van der Waals surface area contributed by atoms with Crippen molar-refractivity contribution in [3.63, 3.8) is 0 Å². The average molecular weight is 1010 g/mol. The molecule has 0 aromatic carbocycles. The standard InChI is InChI=1S/C50H92N2O18/c1-4-6-8-10-12-14-15-16-17-19-20-22-24-26-34(57)33(52-38(58)27-25-23-21-18-13-11-9-7-5-2)31-65-49-44(63)42(61)47(36(29-54)67-49)70-50-45(64)43(62)46(37(30-55)68-50)69-48-39(51-32(3)56)41(60)40(59)35(28-53)66-48/h24,26,33-37,39-50,53-55,57,59-64H,4-23,25,27-31H2,1-3H3,(H,51,56)(H,52,58)/t33-,34+,35+,36+,37+,39+,40-,41+,42+,43+,44?,45+,46-,47+,48-,49+,50-/m0/s1. The first-order valence-electron chi connectivity index (χ1n) is 26.4. The third-order valence-electron chi connectivity index (χ3n) is 13.5. The lowest BCUT2D eigenvalue weighted by Crippen LogP contribution is -2.68. The van der Waals surface area contributed by atoms with Crippen LogP contribution in [0.25, 0.3) is 0 Å². The van der Waals surface area contributed by atoms with Crippen LogP contribution in [-0.4, -0.2) is 194 Å². The highest BCUT2D eigenvalue weighted by Crippen LogP contribution is 2.33. The van der Waals surface area contributed by atoms with Gasteiger partial charge in [0.05, 0.1) is 38.6 Å². The number of aliphatic hydroxyl groups is 10. The second-order valence-electron chi connectivity index (χ2n) is 19.4. The maximum atomic E-state index is 13.2. The van der Waals surface area contributed by atoms with Crippen molar-refractivity contribution in [2.75, 3.05) is 26.4 Å². The molecule has 0 spiro atoms. The lowest BCUT2D eigenvalue weighted by molar-refractivity contribution is -0.374. The number of allylic oxidation sites excluding steroid dienone is 1. The number of carbonyl (C=O) groups excluding carboxylic acids is 2. The summed E-state index contributed by atoms with van der Waals surface area (Å²) in [6.07, 6.45) is 2.84. The third-order valence-corrected chi connectivity index (χ3v) is 13.5. The first-order valence-corrected chi connectivity index (χ1v) is 26.4. The van der Waals surface area contributed by atoms with E-state index in [9.17, 15) is 60.7 Å². The summed E-state index contributed by atoms with van der Waals surface area (Å²) in [5.41, 5.74) is 0. The van der Waals surface area contributed by atoms with Crippen LogP contribution in [0.1, 0.15) is 162 Å². The van der Waals surface area contributed by atoms with Gasteiger partial charge in [-0.05, 0) is 19.3 Å². The van der Waals surface area contributed by atoms with Crippen LogP contribution < -0.4 is 10.6 Å². The van der Waals surface area contributed by atoms with Gasteiger partial charge in [-0.15, -0.1) is 0 Å². The van der Waals surface area contributed by atoms with Crippen molar-refractivity contribution in [1.82, 2.24) is 10.6 Å². The second kappa shape index (κ2) is 35.3. The Balaban J connectivity index is 1.61. The minimum absolute atomic E-state index is 0.242. The van der Waals surface area contributed by atoms with E-state index >= 15 is 0 Å². The van der Waals surface area contributed by atoms with Gasteiger partial charge in [0.25, 0.3) is 0 Å². The van der Waals surface area contributed by atoms with Crippen molar-refractivity contribution in [2.45, 2.75) is 266 Å². The average Bonchev–Trinajstić information content (AvgIpc) is 3.34. The van der Waals surface area contributed by atoms with E-state index < -0.39 is 130 Å². The van der Waals surface area contributed by atoms with E-state index in [2.05, 4.69) is 24.5 Å². The quantitative estimate of drug-likeness (QED) is 0.0313. The van der Waals surface area contributed by atoms with E-state index in [4.69, 9.17) is 28.4 Å². The van der Waals surface area contributed by atoms with Gasteiger partial charge >= 0.3 is 0 Å². The predicted octanol–water partition coefficient (Wildman–Crippen LogP) is 1.62. The highest BCUT2D eigenvalue weighted by Gasteiger charge is 2.54. The lowest BCUT2D eigenvalue weighted by atomic mass is 9.95. The molecule has 3 heterocycles. The highest BCUT2D eigenvalue weighted by molar-refractivity contribution is 5.76. The van der Waals surface area contributed by atoms with Crippen LogP contribution in [0.4, 0.5) is 0 Å². The van der Waals surface area contributed by atoms with Gasteiger partial charge in [-0.2, -0.15) is 0 Å². The van der Waals surface area contributed by atoms with Gasteiger partial charge in [0.1, 0.15) is 73.2 Å². The Morgan fingerprint density at radius 1 is 0.557 bits per heavy atom. The van der Waals surface area contributed by atoms with Crippen LogP contribution in [0.3, 0.4) is 0 Å². The molecule has 0 bridgehead atoms. The van der Waals surface area contributed by atoms with E-state index in [-0.39, 0.29) is 18.9 Å². The summed E-state index contributed by atoms with van der Waals surface area (Å²) < 4.78 is 34.7. The summed E-state index contributed by atoms with van der Waals surface area (Å²) in [4.78, 5) is 25.1. The summed E-state index contributed by atoms with van der Waals surface area (Å²) in [6.45, 7) is 2.76. The summed E-state index contributed by atoms with van der Waals surface area (Å²) in [5, 5.41) is 113. The molecule has 410 valence electrons. The van der Waals surface area contributed by atoms with Gasteiger partial charge in [-0.25, -0.2) is 0 Å². The number of rotatable bonds is 36. The predicted molar refractivity (Wildman–Crippen MR) is 257 cm³/mol. The van der Waals surface area contributed by atoms with Crippen molar-refractivity contribution in [1.29, 1.82) is 0 Å². The van der Waals surface area contributed by atoms with E-state index in [1.165, 1.54) is 83.5 Å². The number of aliphatic hydroxyl groups excluding tert-OH is 10. The van der Waals surface area contributed by atoms with E-state index in [0.717, 1.165) is 51.9 Å². The Morgan fingerprint density at radius 2 is 1.00 bits per heavy atom. The molecular formula is C50H92N2O18. The summed E-state index contributed by atoms with van der Waals surface area (Å²) >= 11 is 0. The highest BCUT2D eigenvalue weighted by atomic mass is 16.8. The molecule has 0 radical (unpaired) electrons. The van der Waals surface area contributed by atoms with Crippen molar-refractivity contribution in [2.24, 2.45) is 0 Å². The minimum atomic E-state index is -1.98. The lowest BCUT2D eigenvalue weighted by Gasteiger charge is -2.48. The van der Waals surface area contributed by atoms with Crippen molar-refractivity contribution in [3.8, 4) is 0 Å². The monoisotopic (exact) mass is 1010 g/mol. The van der Waals surface area contributed by atoms with Crippen LogP contribution in [0.2, 0.25) is 0 Å². The van der Waals surface area contributed by atoms with Gasteiger partial charge < -0.3 is 90.1 Å². The molecule has 2 amide bonds. The minimum Gasteiger partial charge on any atom is -0.394 e. The van der Waals surface area contributed by atoms with Gasteiger partial charge in [0.2, 0.25) is 11.8 Å². The second-order valence-corrected chi connectivity index (χ2v) is 19.4. The SMILES string of the molecule is CCCCCCCCCCCCCC=C[C@@H](O)[C@H](CO[C@@H]1O[C@H](CO)[C@@H](O[C@@H]2O[C@H](CO)[C@H](O[C@@H]3O[C@H](CO)[C@H](O)[C@H](O)[C@H]3NC(C)=O)[C@H](O)[C@H]2O)[C@H](O)C1O)NC(=O)CCCCCCCCCCC. The van der Waals surface area contributed by atoms with E-state index in [0.29, 0.717) is 6.42 Å². The largest absolute Gasteiger partial charge is 0.394 e. The number of hydrogen-bond acceptors (Lipinski definition) is 18. The molecule has 3 fully saturated rings. The molecule has 0 saturated carbocycles. The first kappa shape index (κ1) is 62.3. The molecule has 20 nitrogen and oxygen atoms in total. The number of nitrogens with one attached hydrogen (secondary N) is 2. The number of unbranched alkanes of at least 4 members (excludes halogenated alkanes) is 19. The fraction of sp³-hybridized carbons (Fsp3) is 0.920. The molecule has 3 saturated heterocycles. The summed E-state index contributed by atoms with van der Waals surface area (Å²) in [5.74, 6) is -0.931. The van der Waals surface area contributed by atoms with Gasteiger partial charge in [0.15, 0.2) is 18.9 Å². The molecule has 70 heavy (non-hydrogen) atoms. The Labute approximate surface area is 415 Å². The third kappa shape index (κ3) is 21.1. The van der Waals surface area contributed by atoms with Crippen LogP contribution in [0.5, 0.6) is 0 Å². The maximum Gasteiger partial charge on any atom is 0.220 e. The molecule has 3 rings (SSSR count). The molecule has 0 aliphatic carbocycles. The summed E-state index contributed by atoms with van der Waals surface area (Å²) in [6, 6.07) is -2.40. The Hall–Kier alpha value is -1.96. The number of ether oxygens (including phenoxy) is 6. The Kier molecular flexibility index (Phi) is 31.4. The number of hydrogen-bond donors (Lipinski definition) is 12. The zero-order valence-corrected chi connectivity index (χ0v) is 42.1. The fourth-order valence-corrected chi connectivity index (χ4v) is 9.18.